The van der Waals surface area contributed by atoms with Crippen LogP contribution in [0.3, 0.4) is 0 Å². The van der Waals surface area contributed by atoms with Gasteiger partial charge in [0.25, 0.3) is 0 Å². The van der Waals surface area contributed by atoms with Gasteiger partial charge in [0.15, 0.2) is 5.79 Å². The van der Waals surface area contributed by atoms with E-state index in [0.717, 1.165) is 34.2 Å². The first-order valence-corrected chi connectivity index (χ1v) is 7.53. The van der Waals surface area contributed by atoms with Crippen molar-refractivity contribution in [2.75, 3.05) is 25.1 Å². The maximum atomic E-state index is 5.58. The Morgan fingerprint density at radius 2 is 2.05 bits per heavy atom. The second-order valence-electron chi connectivity index (χ2n) is 5.02. The SMILES string of the molecule is CC1(CCNc2ccc3cccc(Br)c3n2)OCCO1. The number of halogens is 1. The van der Waals surface area contributed by atoms with Crippen molar-refractivity contribution in [3.8, 4) is 0 Å². The van der Waals surface area contributed by atoms with Crippen LogP contribution in [0.25, 0.3) is 10.9 Å². The number of hydrogen-bond donors (Lipinski definition) is 1. The molecule has 1 aromatic heterocycles. The molecule has 0 amide bonds. The minimum absolute atomic E-state index is 0.454. The molecule has 1 aliphatic heterocycles. The van der Waals surface area contributed by atoms with Crippen LogP contribution in [0.2, 0.25) is 0 Å². The van der Waals surface area contributed by atoms with Gasteiger partial charge >= 0.3 is 0 Å². The van der Waals surface area contributed by atoms with Gasteiger partial charge in [0, 0.05) is 22.8 Å². The standard InChI is InChI=1S/C15H17BrN2O2/c1-15(19-9-10-20-15)7-8-17-13-6-5-11-3-2-4-12(16)14(11)18-13/h2-6H,7-10H2,1H3,(H,17,18). The summed E-state index contributed by atoms with van der Waals surface area (Å²) in [6, 6.07) is 10.1. The van der Waals surface area contributed by atoms with Crippen LogP contribution in [0.4, 0.5) is 5.82 Å². The highest BCUT2D eigenvalue weighted by Gasteiger charge is 2.30. The van der Waals surface area contributed by atoms with Gasteiger partial charge in [-0.25, -0.2) is 4.98 Å². The molecule has 0 spiro atoms. The van der Waals surface area contributed by atoms with E-state index in [1.165, 1.54) is 0 Å². The number of rotatable bonds is 4. The molecule has 5 heteroatoms. The first-order valence-electron chi connectivity index (χ1n) is 6.73. The Labute approximate surface area is 126 Å². The number of anilines is 1. The second kappa shape index (κ2) is 5.68. The highest BCUT2D eigenvalue weighted by Crippen LogP contribution is 2.25. The molecule has 1 aliphatic rings. The summed E-state index contributed by atoms with van der Waals surface area (Å²) in [5.74, 6) is 0.413. The molecule has 1 saturated heterocycles. The number of nitrogens with one attached hydrogen (secondary N) is 1. The minimum Gasteiger partial charge on any atom is -0.370 e. The molecule has 0 radical (unpaired) electrons. The number of para-hydroxylation sites is 1. The number of nitrogens with zero attached hydrogens (tertiary/aromatic N) is 1. The van der Waals surface area contributed by atoms with Crippen LogP contribution in [0.1, 0.15) is 13.3 Å². The van der Waals surface area contributed by atoms with E-state index in [4.69, 9.17) is 9.47 Å². The number of fused-ring (bicyclic) bond motifs is 1. The van der Waals surface area contributed by atoms with Gasteiger partial charge in [-0.15, -0.1) is 0 Å². The third-order valence-corrected chi connectivity index (χ3v) is 4.09. The van der Waals surface area contributed by atoms with Crippen molar-refractivity contribution in [3.63, 3.8) is 0 Å². The molecule has 1 fully saturated rings. The molecule has 0 saturated carbocycles. The van der Waals surface area contributed by atoms with E-state index in [2.05, 4.69) is 38.4 Å². The summed E-state index contributed by atoms with van der Waals surface area (Å²) < 4.78 is 12.2. The highest BCUT2D eigenvalue weighted by molar-refractivity contribution is 9.10. The third-order valence-electron chi connectivity index (χ3n) is 3.45. The van der Waals surface area contributed by atoms with Gasteiger partial charge < -0.3 is 14.8 Å². The lowest BCUT2D eigenvalue weighted by Crippen LogP contribution is -2.28. The van der Waals surface area contributed by atoms with Gasteiger partial charge in [0.2, 0.25) is 0 Å². The van der Waals surface area contributed by atoms with Crippen molar-refractivity contribution < 1.29 is 9.47 Å². The number of ether oxygens (including phenoxy) is 2. The van der Waals surface area contributed by atoms with Crippen molar-refractivity contribution in [1.82, 2.24) is 4.98 Å². The van der Waals surface area contributed by atoms with E-state index in [1.807, 2.05) is 25.1 Å². The van der Waals surface area contributed by atoms with Crippen molar-refractivity contribution >= 4 is 32.7 Å². The first-order chi connectivity index (χ1) is 9.66. The van der Waals surface area contributed by atoms with Crippen molar-refractivity contribution in [3.05, 3.63) is 34.8 Å². The van der Waals surface area contributed by atoms with Crippen LogP contribution in [-0.4, -0.2) is 30.5 Å². The molecule has 0 aliphatic carbocycles. The van der Waals surface area contributed by atoms with Gasteiger partial charge in [0.05, 0.1) is 18.7 Å². The summed E-state index contributed by atoms with van der Waals surface area (Å²) in [6.45, 7) is 4.10. The average Bonchev–Trinajstić information content (AvgIpc) is 2.87. The molecule has 1 N–H and O–H groups in total. The number of pyridine rings is 1. The summed E-state index contributed by atoms with van der Waals surface area (Å²) in [4.78, 5) is 4.62. The fourth-order valence-electron chi connectivity index (χ4n) is 2.33. The van der Waals surface area contributed by atoms with Crippen molar-refractivity contribution in [2.24, 2.45) is 0 Å². The molecular formula is C15H17BrN2O2. The molecule has 1 aromatic carbocycles. The Morgan fingerprint density at radius 3 is 2.85 bits per heavy atom. The topological polar surface area (TPSA) is 43.4 Å². The molecule has 3 rings (SSSR count). The van der Waals surface area contributed by atoms with E-state index >= 15 is 0 Å². The first kappa shape index (κ1) is 13.8. The van der Waals surface area contributed by atoms with E-state index in [0.29, 0.717) is 13.2 Å². The minimum atomic E-state index is -0.454. The molecule has 2 heterocycles. The van der Waals surface area contributed by atoms with E-state index < -0.39 is 5.79 Å². The smallest absolute Gasteiger partial charge is 0.167 e. The predicted molar refractivity (Wildman–Crippen MR) is 82.9 cm³/mol. The van der Waals surface area contributed by atoms with E-state index in [-0.39, 0.29) is 0 Å². The number of aromatic nitrogens is 1. The number of benzene rings is 1. The Bertz CT molecular complexity index is 612. The fourth-order valence-corrected chi connectivity index (χ4v) is 2.80. The summed E-state index contributed by atoms with van der Waals surface area (Å²) in [5.41, 5.74) is 0.970. The Kier molecular flexibility index (Phi) is 3.92. The second-order valence-corrected chi connectivity index (χ2v) is 5.87. The summed E-state index contributed by atoms with van der Waals surface area (Å²) in [7, 11) is 0. The molecule has 4 nitrogen and oxygen atoms in total. The third kappa shape index (κ3) is 2.95. The lowest BCUT2D eigenvalue weighted by atomic mass is 10.2. The molecule has 0 bridgehead atoms. The quantitative estimate of drug-likeness (QED) is 0.926. The monoisotopic (exact) mass is 336 g/mol. The van der Waals surface area contributed by atoms with E-state index in [9.17, 15) is 0 Å². The van der Waals surface area contributed by atoms with Crippen LogP contribution in [0.5, 0.6) is 0 Å². The normalized spacial score (nSPS) is 17.5. The maximum Gasteiger partial charge on any atom is 0.167 e. The molecular weight excluding hydrogens is 320 g/mol. The van der Waals surface area contributed by atoms with Crippen LogP contribution >= 0.6 is 15.9 Å². The Hall–Kier alpha value is -1.17. The van der Waals surface area contributed by atoms with Gasteiger partial charge in [-0.1, -0.05) is 12.1 Å². The largest absolute Gasteiger partial charge is 0.370 e. The Balaban J connectivity index is 1.67. The van der Waals surface area contributed by atoms with Crippen LogP contribution < -0.4 is 5.32 Å². The molecule has 20 heavy (non-hydrogen) atoms. The molecule has 106 valence electrons. The Morgan fingerprint density at radius 1 is 1.25 bits per heavy atom. The molecule has 0 unspecified atom stereocenters. The average molecular weight is 337 g/mol. The lowest BCUT2D eigenvalue weighted by molar-refractivity contribution is -0.144. The van der Waals surface area contributed by atoms with Gasteiger partial charge in [-0.3, -0.25) is 0 Å². The van der Waals surface area contributed by atoms with Crippen LogP contribution in [-0.2, 0) is 9.47 Å². The number of hydrogen-bond acceptors (Lipinski definition) is 4. The van der Waals surface area contributed by atoms with Crippen LogP contribution in [0, 0.1) is 0 Å². The van der Waals surface area contributed by atoms with Gasteiger partial charge in [-0.05, 0) is 41.1 Å². The zero-order chi connectivity index (χ0) is 14.0. The van der Waals surface area contributed by atoms with Crippen LogP contribution in [0.15, 0.2) is 34.8 Å². The maximum absolute atomic E-state index is 5.58. The zero-order valence-corrected chi connectivity index (χ0v) is 12.9. The molecule has 2 aromatic rings. The fraction of sp³-hybridized carbons (Fsp3) is 0.400. The summed E-state index contributed by atoms with van der Waals surface area (Å²) in [5, 5.41) is 4.45. The van der Waals surface area contributed by atoms with Crippen molar-refractivity contribution in [2.45, 2.75) is 19.1 Å². The van der Waals surface area contributed by atoms with Crippen molar-refractivity contribution in [1.29, 1.82) is 0 Å². The van der Waals surface area contributed by atoms with E-state index in [1.54, 1.807) is 0 Å². The summed E-state index contributed by atoms with van der Waals surface area (Å²) >= 11 is 3.53. The lowest BCUT2D eigenvalue weighted by Gasteiger charge is -2.22. The molecule has 0 atom stereocenters. The predicted octanol–water partition coefficient (Wildman–Crippen LogP) is 3.56. The summed E-state index contributed by atoms with van der Waals surface area (Å²) in [6.07, 6.45) is 0.794. The zero-order valence-electron chi connectivity index (χ0n) is 11.4. The van der Waals surface area contributed by atoms with Gasteiger partial charge in [0.1, 0.15) is 5.82 Å². The van der Waals surface area contributed by atoms with Gasteiger partial charge in [-0.2, -0.15) is 0 Å². The highest BCUT2D eigenvalue weighted by atomic mass is 79.9.